The Kier molecular flexibility index (Phi) is 2.63. The van der Waals surface area contributed by atoms with Crippen LogP contribution in [0, 0.1) is 16.7 Å². The highest BCUT2D eigenvalue weighted by atomic mass is 16.3. The lowest BCUT2D eigenvalue weighted by atomic mass is 9.52. The molecule has 4 rings (SSSR count). The summed E-state index contributed by atoms with van der Waals surface area (Å²) in [6, 6.07) is 5.82. The molecule has 1 aromatic carbocycles. The third kappa shape index (κ3) is 1.63. The van der Waals surface area contributed by atoms with E-state index in [9.17, 15) is 10.2 Å². The van der Waals surface area contributed by atoms with Gasteiger partial charge in [0.05, 0.1) is 6.10 Å². The summed E-state index contributed by atoms with van der Waals surface area (Å²) < 4.78 is 0. The van der Waals surface area contributed by atoms with Crippen LogP contribution in [-0.2, 0) is 6.42 Å². The number of fused-ring (bicyclic) bond motifs is 5. The molecule has 0 saturated heterocycles. The van der Waals surface area contributed by atoms with E-state index in [0.29, 0.717) is 11.7 Å². The summed E-state index contributed by atoms with van der Waals surface area (Å²) in [6.45, 7) is 4.68. The molecule has 1 aromatic rings. The van der Waals surface area contributed by atoms with Crippen molar-refractivity contribution in [2.24, 2.45) is 16.7 Å². The number of aliphatic hydroxyl groups excluding tert-OH is 1. The minimum Gasteiger partial charge on any atom is -0.508 e. The number of allylic oxidation sites excluding steroid dienone is 2. The summed E-state index contributed by atoms with van der Waals surface area (Å²) in [4.78, 5) is 0. The van der Waals surface area contributed by atoms with Gasteiger partial charge in [0.2, 0.25) is 0 Å². The second-order valence-electron chi connectivity index (χ2n) is 7.73. The lowest BCUT2D eigenvalue weighted by Crippen LogP contribution is -2.45. The second-order valence-corrected chi connectivity index (χ2v) is 7.73. The van der Waals surface area contributed by atoms with Gasteiger partial charge < -0.3 is 10.2 Å². The number of phenols is 1. The maximum absolute atomic E-state index is 10.5. The maximum Gasteiger partial charge on any atom is 0.115 e. The molecule has 1 fully saturated rings. The van der Waals surface area contributed by atoms with Crippen LogP contribution in [0.25, 0.3) is 5.57 Å². The SMILES string of the molecule is C[C@]12CC=C3c4ccc(O)cc4CC[C@@]3(C)[C@@H]1CC[C@@H]2O. The summed E-state index contributed by atoms with van der Waals surface area (Å²) in [5.41, 5.74) is 4.28. The first-order valence-electron chi connectivity index (χ1n) is 8.16. The molecule has 0 radical (unpaired) electrons. The third-order valence-electron chi connectivity index (χ3n) is 6.71. The number of rotatable bonds is 0. The number of aromatic hydroxyl groups is 1. The predicted molar refractivity (Wildman–Crippen MR) is 84.0 cm³/mol. The Morgan fingerprint density at radius 3 is 2.81 bits per heavy atom. The van der Waals surface area contributed by atoms with Crippen molar-refractivity contribution in [2.75, 3.05) is 0 Å². The van der Waals surface area contributed by atoms with Crippen LogP contribution in [0.4, 0.5) is 0 Å². The van der Waals surface area contributed by atoms with Crippen molar-refractivity contribution in [2.45, 2.75) is 52.1 Å². The summed E-state index contributed by atoms with van der Waals surface area (Å²) in [7, 11) is 0. The summed E-state index contributed by atoms with van der Waals surface area (Å²) in [5.74, 6) is 0.942. The molecule has 0 bridgehead atoms. The largest absolute Gasteiger partial charge is 0.508 e. The Labute approximate surface area is 126 Å². The molecule has 1 saturated carbocycles. The van der Waals surface area contributed by atoms with Gasteiger partial charge >= 0.3 is 0 Å². The normalized spacial score (nSPS) is 41.0. The Balaban J connectivity index is 1.86. The van der Waals surface area contributed by atoms with Gasteiger partial charge in [-0.05, 0) is 72.3 Å². The molecule has 2 N–H and O–H groups in total. The minimum absolute atomic E-state index is 0.0483. The molecule has 4 atom stereocenters. The molecule has 3 aliphatic carbocycles. The monoisotopic (exact) mass is 284 g/mol. The second kappa shape index (κ2) is 4.13. The highest BCUT2D eigenvalue weighted by Crippen LogP contribution is 2.64. The quantitative estimate of drug-likeness (QED) is 0.758. The Morgan fingerprint density at radius 1 is 1.19 bits per heavy atom. The van der Waals surface area contributed by atoms with Gasteiger partial charge in [-0.1, -0.05) is 26.0 Å². The fourth-order valence-corrected chi connectivity index (χ4v) is 5.45. The van der Waals surface area contributed by atoms with Crippen molar-refractivity contribution in [3.8, 4) is 5.75 Å². The highest BCUT2D eigenvalue weighted by molar-refractivity contribution is 5.76. The number of aliphatic hydroxyl groups is 1. The zero-order valence-electron chi connectivity index (χ0n) is 12.9. The fourth-order valence-electron chi connectivity index (χ4n) is 5.45. The minimum atomic E-state index is -0.154. The van der Waals surface area contributed by atoms with Gasteiger partial charge in [-0.2, -0.15) is 0 Å². The zero-order valence-corrected chi connectivity index (χ0v) is 12.9. The van der Waals surface area contributed by atoms with Gasteiger partial charge in [0.15, 0.2) is 0 Å². The van der Waals surface area contributed by atoms with Crippen molar-refractivity contribution in [1.29, 1.82) is 0 Å². The molecule has 2 nitrogen and oxygen atoms in total. The van der Waals surface area contributed by atoms with Crippen LogP contribution >= 0.6 is 0 Å². The molecule has 2 heteroatoms. The van der Waals surface area contributed by atoms with Crippen LogP contribution in [0.15, 0.2) is 24.3 Å². The first-order valence-corrected chi connectivity index (χ1v) is 8.16. The van der Waals surface area contributed by atoms with E-state index in [-0.39, 0.29) is 16.9 Å². The molecule has 112 valence electrons. The molecule has 3 aliphatic rings. The van der Waals surface area contributed by atoms with Crippen LogP contribution in [0.2, 0.25) is 0 Å². The van der Waals surface area contributed by atoms with E-state index in [2.05, 4.69) is 26.0 Å². The molecule has 0 amide bonds. The standard InChI is InChI=1S/C19H24O2/c1-18-9-7-12-11-13(20)3-4-14(12)15(18)8-10-19(2)16(18)5-6-17(19)21/h3-4,8,11,16-17,20-21H,5-7,9-10H2,1-2H3/t16-,17-,18+,19-/m0/s1. The average Bonchev–Trinajstić information content (AvgIpc) is 2.75. The van der Waals surface area contributed by atoms with E-state index < -0.39 is 0 Å². The van der Waals surface area contributed by atoms with Crippen molar-refractivity contribution in [1.82, 2.24) is 0 Å². The van der Waals surface area contributed by atoms with E-state index >= 15 is 0 Å². The van der Waals surface area contributed by atoms with Crippen molar-refractivity contribution in [3.05, 3.63) is 35.4 Å². The molecular formula is C19H24O2. The van der Waals surface area contributed by atoms with Gasteiger partial charge in [0.1, 0.15) is 5.75 Å². The van der Waals surface area contributed by atoms with E-state index in [0.717, 1.165) is 32.1 Å². The van der Waals surface area contributed by atoms with Crippen LogP contribution in [0.5, 0.6) is 5.75 Å². The molecule has 21 heavy (non-hydrogen) atoms. The lowest BCUT2D eigenvalue weighted by molar-refractivity contribution is 0.00214. The van der Waals surface area contributed by atoms with Crippen molar-refractivity contribution in [3.63, 3.8) is 0 Å². The molecule has 0 heterocycles. The van der Waals surface area contributed by atoms with E-state index in [1.54, 1.807) is 0 Å². The smallest absolute Gasteiger partial charge is 0.115 e. The van der Waals surface area contributed by atoms with Gasteiger partial charge in [-0.15, -0.1) is 0 Å². The lowest BCUT2D eigenvalue weighted by Gasteiger charge is -2.52. The first-order chi connectivity index (χ1) is 9.95. The van der Waals surface area contributed by atoms with Gasteiger partial charge in [0.25, 0.3) is 0 Å². The third-order valence-corrected chi connectivity index (χ3v) is 6.71. The highest BCUT2D eigenvalue weighted by Gasteiger charge is 2.57. The molecule has 0 aromatic heterocycles. The Hall–Kier alpha value is -1.28. The number of phenolic OH excluding ortho intramolecular Hbond substituents is 1. The van der Waals surface area contributed by atoms with Crippen molar-refractivity contribution >= 4 is 5.57 Å². The predicted octanol–water partition coefficient (Wildman–Crippen LogP) is 3.91. The summed E-state index contributed by atoms with van der Waals surface area (Å²) in [6.07, 6.45) is 7.43. The maximum atomic E-state index is 10.5. The number of hydrogen-bond donors (Lipinski definition) is 2. The van der Waals surface area contributed by atoms with E-state index in [1.807, 2.05) is 12.1 Å². The van der Waals surface area contributed by atoms with Crippen LogP contribution in [0.1, 0.15) is 50.7 Å². The Bertz CT molecular complexity index is 632. The first kappa shape index (κ1) is 13.4. The Morgan fingerprint density at radius 2 is 2.00 bits per heavy atom. The number of benzene rings is 1. The van der Waals surface area contributed by atoms with Crippen molar-refractivity contribution < 1.29 is 10.2 Å². The fraction of sp³-hybridized carbons (Fsp3) is 0.579. The molecule has 0 unspecified atom stereocenters. The van der Waals surface area contributed by atoms with E-state index in [4.69, 9.17) is 0 Å². The molecular weight excluding hydrogens is 260 g/mol. The average molecular weight is 284 g/mol. The van der Waals surface area contributed by atoms with E-state index in [1.165, 1.54) is 16.7 Å². The molecule has 0 aliphatic heterocycles. The van der Waals surface area contributed by atoms with Gasteiger partial charge in [0, 0.05) is 5.41 Å². The van der Waals surface area contributed by atoms with Crippen LogP contribution in [-0.4, -0.2) is 16.3 Å². The van der Waals surface area contributed by atoms with Crippen LogP contribution < -0.4 is 0 Å². The molecule has 0 spiro atoms. The topological polar surface area (TPSA) is 40.5 Å². The summed E-state index contributed by atoms with van der Waals surface area (Å²) in [5, 5.41) is 20.2. The van der Waals surface area contributed by atoms with Gasteiger partial charge in [-0.25, -0.2) is 0 Å². The number of hydrogen-bond acceptors (Lipinski definition) is 2. The van der Waals surface area contributed by atoms with Crippen LogP contribution in [0.3, 0.4) is 0 Å². The number of aryl methyl sites for hydroxylation is 1. The summed E-state index contributed by atoms with van der Waals surface area (Å²) >= 11 is 0. The van der Waals surface area contributed by atoms with Gasteiger partial charge in [-0.3, -0.25) is 0 Å². The zero-order chi connectivity index (χ0) is 14.8.